The Balaban J connectivity index is 2.51. The summed E-state index contributed by atoms with van der Waals surface area (Å²) < 4.78 is 2.06. The van der Waals surface area contributed by atoms with Crippen molar-refractivity contribution in [2.45, 2.75) is 12.8 Å². The van der Waals surface area contributed by atoms with Gasteiger partial charge in [0.15, 0.2) is 0 Å². The summed E-state index contributed by atoms with van der Waals surface area (Å²) >= 11 is 5.86. The Morgan fingerprint density at radius 1 is 1.38 bits per heavy atom. The van der Waals surface area contributed by atoms with Gasteiger partial charge in [-0.1, -0.05) is 0 Å². The zero-order valence-electron chi connectivity index (χ0n) is 8.81. The fourth-order valence-electron chi connectivity index (χ4n) is 1.94. The minimum absolute atomic E-state index is 0.440. The van der Waals surface area contributed by atoms with Crippen LogP contribution in [-0.4, -0.2) is 14.4 Å². The lowest BCUT2D eigenvalue weighted by Gasteiger charge is -2.00. The number of hydrogen-bond donors (Lipinski definition) is 0. The molecule has 0 radical (unpaired) electrons. The highest BCUT2D eigenvalue weighted by atomic mass is 35.5. The van der Waals surface area contributed by atoms with Gasteiger partial charge in [-0.3, -0.25) is 4.98 Å². The third kappa shape index (κ3) is 1.21. The van der Waals surface area contributed by atoms with Crippen LogP contribution in [0.3, 0.4) is 0 Å². The van der Waals surface area contributed by atoms with Gasteiger partial charge in [-0.15, -0.1) is 11.6 Å². The molecule has 0 fully saturated rings. The third-order valence-electron chi connectivity index (χ3n) is 2.84. The maximum Gasteiger partial charge on any atom is 0.146 e. The average Bonchev–Trinajstić information content (AvgIpc) is 2.67. The monoisotopic (exact) mass is 231 g/mol. The molecule has 0 saturated carbocycles. The fourth-order valence-corrected chi connectivity index (χ4v) is 2.20. The summed E-state index contributed by atoms with van der Waals surface area (Å²) in [6.07, 6.45) is 3.78. The number of nitrogens with zero attached hydrogens (tertiary/aromatic N) is 3. The standard InChI is InChI=1S/C12H10ClN3/c1-8-11(7-13)15-12-9-3-2-5-14-10(9)4-6-16(8)12/h2-6H,7H2,1H3. The van der Waals surface area contributed by atoms with Gasteiger partial charge in [-0.2, -0.15) is 0 Å². The van der Waals surface area contributed by atoms with Crippen molar-refractivity contribution in [2.75, 3.05) is 0 Å². The molecule has 0 aliphatic heterocycles. The zero-order chi connectivity index (χ0) is 11.1. The first-order valence-electron chi connectivity index (χ1n) is 5.08. The Morgan fingerprint density at radius 2 is 2.25 bits per heavy atom. The fraction of sp³-hybridized carbons (Fsp3) is 0.167. The molecule has 0 aliphatic rings. The van der Waals surface area contributed by atoms with E-state index in [0.717, 1.165) is 27.9 Å². The number of fused-ring (bicyclic) bond motifs is 3. The van der Waals surface area contributed by atoms with Crippen molar-refractivity contribution >= 4 is 28.2 Å². The normalized spacial score (nSPS) is 11.4. The molecule has 0 N–H and O–H groups in total. The van der Waals surface area contributed by atoms with Crippen molar-refractivity contribution in [1.29, 1.82) is 0 Å². The first-order chi connectivity index (χ1) is 7.81. The molecule has 0 unspecified atom stereocenters. The lowest BCUT2D eigenvalue weighted by Crippen LogP contribution is -1.89. The van der Waals surface area contributed by atoms with Gasteiger partial charge in [0.1, 0.15) is 5.65 Å². The highest BCUT2D eigenvalue weighted by Crippen LogP contribution is 2.21. The number of pyridine rings is 2. The van der Waals surface area contributed by atoms with E-state index in [2.05, 4.69) is 14.4 Å². The number of aryl methyl sites for hydroxylation is 1. The molecule has 3 rings (SSSR count). The quantitative estimate of drug-likeness (QED) is 0.603. The second kappa shape index (κ2) is 3.46. The molecule has 3 aromatic heterocycles. The molecule has 3 aromatic rings. The summed E-state index contributed by atoms with van der Waals surface area (Å²) in [7, 11) is 0. The number of hydrogen-bond acceptors (Lipinski definition) is 2. The van der Waals surface area contributed by atoms with Gasteiger partial charge in [-0.25, -0.2) is 4.98 Å². The van der Waals surface area contributed by atoms with Gasteiger partial charge in [-0.05, 0) is 25.1 Å². The van der Waals surface area contributed by atoms with Crippen LogP contribution in [0.4, 0.5) is 0 Å². The van der Waals surface area contributed by atoms with Gasteiger partial charge >= 0.3 is 0 Å². The number of rotatable bonds is 1. The predicted octanol–water partition coefficient (Wildman–Crippen LogP) is 2.93. The molecule has 0 aromatic carbocycles. The van der Waals surface area contributed by atoms with E-state index in [0.29, 0.717) is 5.88 Å². The van der Waals surface area contributed by atoms with Crippen LogP contribution in [0.15, 0.2) is 30.6 Å². The molecule has 0 amide bonds. The average molecular weight is 232 g/mol. The van der Waals surface area contributed by atoms with Crippen molar-refractivity contribution < 1.29 is 0 Å². The van der Waals surface area contributed by atoms with Crippen molar-refractivity contribution in [3.8, 4) is 0 Å². The first kappa shape index (κ1) is 9.60. The van der Waals surface area contributed by atoms with Crippen molar-refractivity contribution in [3.63, 3.8) is 0 Å². The van der Waals surface area contributed by atoms with Crippen LogP contribution >= 0.6 is 11.6 Å². The highest BCUT2D eigenvalue weighted by Gasteiger charge is 2.09. The molecule has 0 atom stereocenters. The summed E-state index contributed by atoms with van der Waals surface area (Å²) in [6, 6.07) is 5.95. The van der Waals surface area contributed by atoms with E-state index in [-0.39, 0.29) is 0 Å². The van der Waals surface area contributed by atoms with E-state index in [9.17, 15) is 0 Å². The number of alkyl halides is 1. The van der Waals surface area contributed by atoms with Crippen LogP contribution < -0.4 is 0 Å². The minimum atomic E-state index is 0.440. The Kier molecular flexibility index (Phi) is 2.07. The van der Waals surface area contributed by atoms with E-state index in [1.165, 1.54) is 0 Å². The molecule has 16 heavy (non-hydrogen) atoms. The maximum atomic E-state index is 5.86. The highest BCUT2D eigenvalue weighted by molar-refractivity contribution is 6.17. The van der Waals surface area contributed by atoms with Gasteiger partial charge < -0.3 is 4.40 Å². The number of halogens is 1. The Morgan fingerprint density at radius 3 is 3.06 bits per heavy atom. The predicted molar refractivity (Wildman–Crippen MR) is 64.8 cm³/mol. The van der Waals surface area contributed by atoms with Crippen molar-refractivity contribution in [3.05, 3.63) is 42.0 Å². The lowest BCUT2D eigenvalue weighted by molar-refractivity contribution is 1.09. The summed E-state index contributed by atoms with van der Waals surface area (Å²) in [6.45, 7) is 2.03. The van der Waals surface area contributed by atoms with Gasteiger partial charge in [0.05, 0.1) is 17.1 Å². The SMILES string of the molecule is Cc1c(CCl)nc2c3cccnc3ccn12. The Labute approximate surface area is 97.7 Å². The molecule has 0 spiro atoms. The molecule has 3 nitrogen and oxygen atoms in total. The van der Waals surface area contributed by atoms with Crippen LogP contribution in [0.5, 0.6) is 0 Å². The second-order valence-electron chi connectivity index (χ2n) is 3.72. The second-order valence-corrected chi connectivity index (χ2v) is 3.99. The maximum absolute atomic E-state index is 5.86. The molecule has 0 bridgehead atoms. The topological polar surface area (TPSA) is 30.2 Å². The van der Waals surface area contributed by atoms with Gasteiger partial charge in [0.2, 0.25) is 0 Å². The molecule has 4 heteroatoms. The zero-order valence-corrected chi connectivity index (χ0v) is 9.57. The largest absolute Gasteiger partial charge is 0.303 e. The first-order valence-corrected chi connectivity index (χ1v) is 5.62. The van der Waals surface area contributed by atoms with Crippen LogP contribution in [0.25, 0.3) is 16.6 Å². The van der Waals surface area contributed by atoms with E-state index >= 15 is 0 Å². The summed E-state index contributed by atoms with van der Waals surface area (Å²) in [5.41, 5.74) is 3.91. The van der Waals surface area contributed by atoms with Crippen molar-refractivity contribution in [2.24, 2.45) is 0 Å². The molecular formula is C12H10ClN3. The van der Waals surface area contributed by atoms with E-state index < -0.39 is 0 Å². The Hall–Kier alpha value is -1.61. The molecular weight excluding hydrogens is 222 g/mol. The van der Waals surface area contributed by atoms with Crippen LogP contribution in [0.2, 0.25) is 0 Å². The van der Waals surface area contributed by atoms with E-state index in [1.807, 2.05) is 31.3 Å². The van der Waals surface area contributed by atoms with Crippen LogP contribution in [0.1, 0.15) is 11.4 Å². The van der Waals surface area contributed by atoms with Gasteiger partial charge in [0.25, 0.3) is 0 Å². The molecule has 0 saturated heterocycles. The van der Waals surface area contributed by atoms with Gasteiger partial charge in [0, 0.05) is 23.5 Å². The third-order valence-corrected chi connectivity index (χ3v) is 3.09. The van der Waals surface area contributed by atoms with Crippen LogP contribution in [-0.2, 0) is 5.88 Å². The summed E-state index contributed by atoms with van der Waals surface area (Å²) in [4.78, 5) is 8.86. The molecule has 80 valence electrons. The summed E-state index contributed by atoms with van der Waals surface area (Å²) in [5.74, 6) is 0.440. The van der Waals surface area contributed by atoms with Crippen LogP contribution in [0, 0.1) is 6.92 Å². The number of aromatic nitrogens is 3. The van der Waals surface area contributed by atoms with Crippen molar-refractivity contribution in [1.82, 2.24) is 14.4 Å². The number of imidazole rings is 1. The molecule has 0 aliphatic carbocycles. The van der Waals surface area contributed by atoms with E-state index in [4.69, 9.17) is 11.6 Å². The minimum Gasteiger partial charge on any atom is -0.303 e. The van der Waals surface area contributed by atoms with E-state index in [1.54, 1.807) is 6.20 Å². The Bertz CT molecular complexity index is 672. The smallest absolute Gasteiger partial charge is 0.146 e. The molecule has 3 heterocycles. The summed E-state index contributed by atoms with van der Waals surface area (Å²) in [5, 5.41) is 1.06. The lowest BCUT2D eigenvalue weighted by atomic mass is 10.2.